The number of halogens is 1. The number of esters is 1. The van der Waals surface area contributed by atoms with Gasteiger partial charge in [0, 0.05) is 0 Å². The summed E-state index contributed by atoms with van der Waals surface area (Å²) in [6.07, 6.45) is -5.49. The van der Waals surface area contributed by atoms with Gasteiger partial charge in [-0.2, -0.15) is 4.98 Å². The zero-order valence-corrected chi connectivity index (χ0v) is 19.0. The lowest BCUT2D eigenvalue weighted by Crippen LogP contribution is -2.33. The summed E-state index contributed by atoms with van der Waals surface area (Å²) < 4.78 is 28.5. The van der Waals surface area contributed by atoms with Gasteiger partial charge >= 0.3 is 13.6 Å². The number of imidazole rings is 1. The van der Waals surface area contributed by atoms with E-state index in [4.69, 9.17) is 31.3 Å². The van der Waals surface area contributed by atoms with Crippen LogP contribution in [0, 0.1) is 0 Å². The number of fused-ring (bicyclic) bond motifs is 1. The van der Waals surface area contributed by atoms with E-state index in [0.717, 1.165) is 6.33 Å². The Morgan fingerprint density at radius 1 is 1.38 bits per heavy atom. The number of carbonyl (C=O) groups excluding carboxylic acids is 2. The number of aromatic amines is 1. The lowest BCUT2D eigenvalue weighted by molar-refractivity contribution is -0.141. The SMILES string of the molecule is Nc1nc2c(ncn2[C@@H]2O[C@H](COP(=O)(O)CC(=O)OCCNC(=O)CCl)[C@@H](O)[C@H]2O)c(=O)[nH]1. The number of aliphatic hydroxyl groups excluding tert-OH is 2. The summed E-state index contributed by atoms with van der Waals surface area (Å²) in [5.74, 6) is -2.01. The summed E-state index contributed by atoms with van der Waals surface area (Å²) in [6.45, 7) is -0.949. The fourth-order valence-electron chi connectivity index (χ4n) is 3.07. The topological polar surface area (TPSA) is 241 Å². The molecule has 1 aliphatic heterocycles. The predicted octanol–water partition coefficient (Wildman–Crippen LogP) is -2.58. The van der Waals surface area contributed by atoms with E-state index in [2.05, 4.69) is 20.3 Å². The molecule has 5 atom stereocenters. The average Bonchev–Trinajstić information content (AvgIpc) is 3.30. The summed E-state index contributed by atoms with van der Waals surface area (Å²) in [7, 11) is -4.50. The van der Waals surface area contributed by atoms with Gasteiger partial charge in [0.2, 0.25) is 11.9 Å². The van der Waals surface area contributed by atoms with Gasteiger partial charge in [-0.05, 0) is 0 Å². The van der Waals surface area contributed by atoms with Crippen LogP contribution in [0.1, 0.15) is 6.23 Å². The van der Waals surface area contributed by atoms with Crippen molar-refractivity contribution in [3.05, 3.63) is 16.7 Å². The van der Waals surface area contributed by atoms with Crippen molar-refractivity contribution in [2.45, 2.75) is 24.5 Å². The van der Waals surface area contributed by atoms with Gasteiger partial charge in [-0.1, -0.05) is 0 Å². The molecule has 3 rings (SSSR count). The Bertz CT molecular complexity index is 1160. The zero-order valence-electron chi connectivity index (χ0n) is 17.4. The molecule has 34 heavy (non-hydrogen) atoms. The molecule has 1 aliphatic rings. The van der Waals surface area contributed by atoms with E-state index in [0.29, 0.717) is 0 Å². The van der Waals surface area contributed by atoms with Gasteiger partial charge < -0.3 is 40.2 Å². The number of ether oxygens (including phenoxy) is 2. The standard InChI is InChI=1S/C16H22ClN6O10P/c17-3-8(24)19-1-2-31-9(25)5-34(29,30)32-4-7-11(26)12(27)15(33-7)23-6-20-10-13(23)21-16(18)22-14(10)28/h6-7,11-12,15,26-27H,1-5H2,(H,19,24)(H,29,30)(H3,18,21,22,28)/t7-,11-,12-,15-/m1/s1. The summed E-state index contributed by atoms with van der Waals surface area (Å²) >= 11 is 5.29. The lowest BCUT2D eigenvalue weighted by Gasteiger charge is -2.17. The number of nitrogens with two attached hydrogens (primary N) is 1. The maximum absolute atomic E-state index is 12.2. The van der Waals surface area contributed by atoms with Gasteiger partial charge in [-0.15, -0.1) is 11.6 Å². The number of nitrogens with one attached hydrogen (secondary N) is 2. The summed E-state index contributed by atoms with van der Waals surface area (Å²) in [5, 5.41) is 23.0. The smallest absolute Gasteiger partial charge is 0.339 e. The minimum atomic E-state index is -4.50. The third-order valence-electron chi connectivity index (χ3n) is 4.64. The molecule has 7 N–H and O–H groups in total. The molecule has 2 aromatic heterocycles. The van der Waals surface area contributed by atoms with Crippen LogP contribution in [0.4, 0.5) is 5.95 Å². The molecule has 3 heterocycles. The van der Waals surface area contributed by atoms with Crippen molar-refractivity contribution in [1.29, 1.82) is 0 Å². The van der Waals surface area contributed by atoms with Crippen molar-refractivity contribution in [1.82, 2.24) is 24.8 Å². The molecule has 188 valence electrons. The highest BCUT2D eigenvalue weighted by Crippen LogP contribution is 2.43. The van der Waals surface area contributed by atoms with E-state index < -0.39 is 62.3 Å². The van der Waals surface area contributed by atoms with Gasteiger partial charge in [0.25, 0.3) is 5.56 Å². The molecular weight excluding hydrogens is 503 g/mol. The zero-order chi connectivity index (χ0) is 25.0. The predicted molar refractivity (Wildman–Crippen MR) is 114 cm³/mol. The van der Waals surface area contributed by atoms with Gasteiger partial charge in [0.05, 0.1) is 19.5 Å². The number of hydrogen-bond acceptors (Lipinski definition) is 12. The minimum absolute atomic E-state index is 0.0168. The number of aliphatic hydroxyl groups is 2. The van der Waals surface area contributed by atoms with E-state index in [1.165, 1.54) is 4.57 Å². The van der Waals surface area contributed by atoms with Crippen LogP contribution in [0.15, 0.2) is 11.1 Å². The largest absolute Gasteiger partial charge is 0.463 e. The number of rotatable bonds is 10. The molecule has 1 fully saturated rings. The highest BCUT2D eigenvalue weighted by atomic mass is 35.5. The summed E-state index contributed by atoms with van der Waals surface area (Å²) in [4.78, 5) is 54.6. The Hall–Kier alpha value is -2.59. The Labute approximate surface area is 195 Å². The second-order valence-electron chi connectivity index (χ2n) is 7.12. The van der Waals surface area contributed by atoms with Crippen LogP contribution in [0.3, 0.4) is 0 Å². The van der Waals surface area contributed by atoms with Crippen molar-refractivity contribution in [3.8, 4) is 0 Å². The molecule has 1 unspecified atom stereocenters. The number of nitrogen functional groups attached to an aromatic ring is 1. The first-order valence-corrected chi connectivity index (χ1v) is 12.0. The van der Waals surface area contributed by atoms with Crippen molar-refractivity contribution in [2.24, 2.45) is 0 Å². The molecule has 1 saturated heterocycles. The fraction of sp³-hybridized carbons (Fsp3) is 0.562. The van der Waals surface area contributed by atoms with Gasteiger partial charge in [0.1, 0.15) is 37.0 Å². The first kappa shape index (κ1) is 26.0. The van der Waals surface area contributed by atoms with Crippen LogP contribution in [0.5, 0.6) is 0 Å². The number of nitrogens with zero attached hydrogens (tertiary/aromatic N) is 3. The third kappa shape index (κ3) is 6.09. The van der Waals surface area contributed by atoms with Crippen molar-refractivity contribution < 1.29 is 43.3 Å². The molecule has 0 spiro atoms. The van der Waals surface area contributed by atoms with Crippen LogP contribution >= 0.6 is 19.2 Å². The van der Waals surface area contributed by atoms with Gasteiger partial charge in [-0.3, -0.25) is 28.5 Å². The monoisotopic (exact) mass is 524 g/mol. The number of amides is 1. The summed E-state index contributed by atoms with van der Waals surface area (Å²) in [6, 6.07) is 0. The number of carbonyl (C=O) groups is 2. The molecule has 18 heteroatoms. The van der Waals surface area contributed by atoms with Crippen LogP contribution in [-0.4, -0.2) is 96.6 Å². The molecule has 0 bridgehead atoms. The number of aromatic nitrogens is 4. The maximum Gasteiger partial charge on any atom is 0.339 e. The second kappa shape index (κ2) is 10.8. The van der Waals surface area contributed by atoms with Crippen LogP contribution in [0.25, 0.3) is 11.2 Å². The van der Waals surface area contributed by atoms with E-state index >= 15 is 0 Å². The number of alkyl halides is 1. The second-order valence-corrected chi connectivity index (χ2v) is 9.23. The maximum atomic E-state index is 12.2. The quantitative estimate of drug-likeness (QED) is 0.0810. The third-order valence-corrected chi connectivity index (χ3v) is 6.09. The van der Waals surface area contributed by atoms with Crippen LogP contribution < -0.4 is 16.6 Å². The molecule has 0 radical (unpaired) electrons. The van der Waals surface area contributed by atoms with Crippen LogP contribution in [0.2, 0.25) is 0 Å². The Morgan fingerprint density at radius 2 is 2.12 bits per heavy atom. The molecule has 0 saturated carbocycles. The Morgan fingerprint density at radius 3 is 2.82 bits per heavy atom. The average molecular weight is 525 g/mol. The van der Waals surface area contributed by atoms with Gasteiger partial charge in [0.15, 0.2) is 17.4 Å². The molecular formula is C16H22ClN6O10P. The molecule has 2 aromatic rings. The number of anilines is 1. The number of hydrogen-bond donors (Lipinski definition) is 6. The molecule has 0 aromatic carbocycles. The Kier molecular flexibility index (Phi) is 8.25. The molecule has 16 nitrogen and oxygen atoms in total. The first-order chi connectivity index (χ1) is 16.0. The van der Waals surface area contributed by atoms with E-state index in [-0.39, 0.29) is 36.1 Å². The highest BCUT2D eigenvalue weighted by Gasteiger charge is 2.45. The molecule has 1 amide bonds. The normalized spacial score (nSPS) is 24.1. The minimum Gasteiger partial charge on any atom is -0.463 e. The summed E-state index contributed by atoms with van der Waals surface area (Å²) in [5.41, 5.74) is 4.81. The van der Waals surface area contributed by atoms with E-state index in [1.54, 1.807) is 0 Å². The molecule has 0 aliphatic carbocycles. The van der Waals surface area contributed by atoms with E-state index in [9.17, 15) is 34.1 Å². The Balaban J connectivity index is 1.56. The number of H-pyrrole nitrogens is 1. The highest BCUT2D eigenvalue weighted by molar-refractivity contribution is 7.53. The van der Waals surface area contributed by atoms with Crippen molar-refractivity contribution in [3.63, 3.8) is 0 Å². The van der Waals surface area contributed by atoms with Gasteiger partial charge in [-0.25, -0.2) is 4.98 Å². The van der Waals surface area contributed by atoms with Crippen molar-refractivity contribution in [2.75, 3.05) is 37.5 Å². The fourth-order valence-corrected chi connectivity index (χ4v) is 4.06. The lowest BCUT2D eigenvalue weighted by atomic mass is 10.1. The van der Waals surface area contributed by atoms with Crippen LogP contribution in [-0.2, 0) is 28.2 Å². The first-order valence-electron chi connectivity index (χ1n) is 9.71. The van der Waals surface area contributed by atoms with Crippen molar-refractivity contribution >= 4 is 48.2 Å². The van der Waals surface area contributed by atoms with E-state index in [1.807, 2.05) is 0 Å².